The van der Waals surface area contributed by atoms with Gasteiger partial charge in [0.2, 0.25) is 0 Å². The van der Waals surface area contributed by atoms with Crippen molar-refractivity contribution in [3.63, 3.8) is 0 Å². The van der Waals surface area contributed by atoms with Gasteiger partial charge in [-0.2, -0.15) is 0 Å². The van der Waals surface area contributed by atoms with E-state index in [1.54, 1.807) is 0 Å². The fourth-order valence-electron chi connectivity index (χ4n) is 3.51. The molecule has 2 saturated carbocycles. The van der Waals surface area contributed by atoms with Crippen molar-refractivity contribution in [3.05, 3.63) is 0 Å². The molecule has 2 fully saturated rings. The van der Waals surface area contributed by atoms with Crippen LogP contribution in [0.1, 0.15) is 46.0 Å². The molecular weight excluding hydrogens is 160 g/mol. The van der Waals surface area contributed by atoms with E-state index in [0.29, 0.717) is 0 Å². The molecule has 0 N–H and O–H groups in total. The average Bonchev–Trinajstić information content (AvgIpc) is 2.15. The average molecular weight is 182 g/mol. The van der Waals surface area contributed by atoms with Crippen LogP contribution < -0.4 is 0 Å². The Kier molecular flexibility index (Phi) is 2.39. The minimum absolute atomic E-state index is 0.273. The van der Waals surface area contributed by atoms with E-state index in [-0.39, 0.29) is 5.60 Å². The Bertz CT molecular complexity index is 186. The number of ether oxygens (including phenoxy) is 1. The van der Waals surface area contributed by atoms with E-state index in [1.165, 1.54) is 32.1 Å². The first kappa shape index (κ1) is 9.51. The first-order valence-corrected chi connectivity index (χ1v) is 5.72. The second-order valence-corrected chi connectivity index (χ2v) is 5.28. The van der Waals surface area contributed by atoms with Gasteiger partial charge in [-0.05, 0) is 43.4 Å². The summed E-state index contributed by atoms with van der Waals surface area (Å²) < 4.78 is 5.77. The molecule has 4 unspecified atom stereocenters. The van der Waals surface area contributed by atoms with Crippen LogP contribution in [0.15, 0.2) is 0 Å². The molecule has 1 heteroatoms. The third-order valence-corrected chi connectivity index (χ3v) is 4.61. The fourth-order valence-corrected chi connectivity index (χ4v) is 3.51. The van der Waals surface area contributed by atoms with E-state index in [9.17, 15) is 0 Å². The summed E-state index contributed by atoms with van der Waals surface area (Å²) in [6.07, 6.45) is 6.75. The van der Waals surface area contributed by atoms with Gasteiger partial charge in [0, 0.05) is 7.11 Å². The maximum atomic E-state index is 5.77. The van der Waals surface area contributed by atoms with Crippen molar-refractivity contribution in [2.24, 2.45) is 17.8 Å². The van der Waals surface area contributed by atoms with Gasteiger partial charge in [-0.1, -0.05) is 20.3 Å². The highest BCUT2D eigenvalue weighted by atomic mass is 16.5. The van der Waals surface area contributed by atoms with E-state index in [2.05, 4.69) is 13.8 Å². The lowest BCUT2D eigenvalue weighted by Gasteiger charge is -2.50. The molecule has 0 saturated heterocycles. The van der Waals surface area contributed by atoms with Gasteiger partial charge in [0.1, 0.15) is 0 Å². The van der Waals surface area contributed by atoms with E-state index in [1.807, 2.05) is 7.11 Å². The highest BCUT2D eigenvalue weighted by molar-refractivity contribution is 4.96. The molecule has 2 aliphatic rings. The van der Waals surface area contributed by atoms with E-state index in [0.717, 1.165) is 17.8 Å². The van der Waals surface area contributed by atoms with E-state index in [4.69, 9.17) is 4.74 Å². The van der Waals surface area contributed by atoms with Crippen molar-refractivity contribution in [2.75, 3.05) is 7.11 Å². The van der Waals surface area contributed by atoms with Gasteiger partial charge in [-0.25, -0.2) is 0 Å². The topological polar surface area (TPSA) is 9.23 Å². The molecule has 2 rings (SSSR count). The molecule has 76 valence electrons. The zero-order valence-corrected chi connectivity index (χ0v) is 9.18. The van der Waals surface area contributed by atoms with Gasteiger partial charge < -0.3 is 4.74 Å². The molecule has 2 bridgehead atoms. The van der Waals surface area contributed by atoms with Crippen molar-refractivity contribution in [2.45, 2.75) is 51.6 Å². The van der Waals surface area contributed by atoms with Gasteiger partial charge in [0.05, 0.1) is 5.60 Å². The summed E-state index contributed by atoms with van der Waals surface area (Å²) in [5.74, 6) is 2.72. The molecule has 13 heavy (non-hydrogen) atoms. The first-order chi connectivity index (χ1) is 6.17. The molecule has 0 heterocycles. The Balaban J connectivity index is 2.15. The van der Waals surface area contributed by atoms with Crippen LogP contribution in [0.2, 0.25) is 0 Å². The minimum atomic E-state index is 0.273. The first-order valence-electron chi connectivity index (χ1n) is 5.72. The van der Waals surface area contributed by atoms with Gasteiger partial charge in [-0.15, -0.1) is 0 Å². The largest absolute Gasteiger partial charge is 0.378 e. The molecule has 0 aromatic heterocycles. The summed E-state index contributed by atoms with van der Waals surface area (Å²) in [5.41, 5.74) is 0.273. The molecule has 2 aliphatic carbocycles. The van der Waals surface area contributed by atoms with Gasteiger partial charge >= 0.3 is 0 Å². The highest BCUT2D eigenvalue weighted by Gasteiger charge is 2.45. The number of methoxy groups -OCH3 is 1. The Hall–Kier alpha value is -0.0400. The molecule has 0 aromatic rings. The zero-order chi connectivity index (χ0) is 9.47. The monoisotopic (exact) mass is 182 g/mol. The zero-order valence-electron chi connectivity index (χ0n) is 9.18. The maximum Gasteiger partial charge on any atom is 0.0684 e. The van der Waals surface area contributed by atoms with E-state index < -0.39 is 0 Å². The van der Waals surface area contributed by atoms with Crippen LogP contribution in [0.25, 0.3) is 0 Å². The molecule has 1 nitrogen and oxygen atoms in total. The molecule has 0 amide bonds. The van der Waals surface area contributed by atoms with Crippen LogP contribution >= 0.6 is 0 Å². The second kappa shape index (κ2) is 3.27. The Morgan fingerprint density at radius 3 is 2.69 bits per heavy atom. The summed E-state index contributed by atoms with van der Waals surface area (Å²) in [6, 6.07) is 0. The van der Waals surface area contributed by atoms with Crippen molar-refractivity contribution < 1.29 is 4.74 Å². The van der Waals surface area contributed by atoms with Crippen LogP contribution in [0.5, 0.6) is 0 Å². The van der Waals surface area contributed by atoms with Crippen molar-refractivity contribution in [1.29, 1.82) is 0 Å². The normalized spacial score (nSPS) is 50.5. The van der Waals surface area contributed by atoms with Gasteiger partial charge in [0.15, 0.2) is 0 Å². The molecule has 0 radical (unpaired) electrons. The summed E-state index contributed by atoms with van der Waals surface area (Å²) in [4.78, 5) is 0. The van der Waals surface area contributed by atoms with Gasteiger partial charge in [-0.3, -0.25) is 0 Å². The molecule has 4 atom stereocenters. The lowest BCUT2D eigenvalue weighted by atomic mass is 9.61. The molecule has 0 aliphatic heterocycles. The predicted molar refractivity (Wildman–Crippen MR) is 54.6 cm³/mol. The van der Waals surface area contributed by atoms with Crippen LogP contribution in [-0.4, -0.2) is 12.7 Å². The third-order valence-electron chi connectivity index (χ3n) is 4.61. The lowest BCUT2D eigenvalue weighted by molar-refractivity contribution is -0.111. The van der Waals surface area contributed by atoms with Crippen LogP contribution in [0.3, 0.4) is 0 Å². The number of hydrogen-bond acceptors (Lipinski definition) is 1. The van der Waals surface area contributed by atoms with Crippen LogP contribution in [-0.2, 0) is 4.74 Å². The SMILES string of the molecule is COC12CCCC(C1)C(C)C(C)C2. The van der Waals surface area contributed by atoms with Crippen LogP contribution in [0.4, 0.5) is 0 Å². The van der Waals surface area contributed by atoms with Crippen molar-refractivity contribution in [3.8, 4) is 0 Å². The number of rotatable bonds is 1. The minimum Gasteiger partial charge on any atom is -0.378 e. The second-order valence-electron chi connectivity index (χ2n) is 5.28. The number of fused-ring (bicyclic) bond motifs is 2. The van der Waals surface area contributed by atoms with Crippen molar-refractivity contribution in [1.82, 2.24) is 0 Å². The molecular formula is C12H22O. The highest BCUT2D eigenvalue weighted by Crippen LogP contribution is 2.49. The molecule has 0 spiro atoms. The maximum absolute atomic E-state index is 5.77. The Labute approximate surface area is 81.9 Å². The fraction of sp³-hybridized carbons (Fsp3) is 1.00. The quantitative estimate of drug-likeness (QED) is 0.605. The standard InChI is InChI=1S/C12H22O/c1-9-7-12(13-3)6-4-5-11(8-12)10(9)2/h9-11H,4-8H2,1-3H3. The predicted octanol–water partition coefficient (Wildman–Crippen LogP) is 3.24. The third kappa shape index (κ3) is 1.52. The smallest absolute Gasteiger partial charge is 0.0684 e. The van der Waals surface area contributed by atoms with Crippen LogP contribution in [0, 0.1) is 17.8 Å². The lowest BCUT2D eigenvalue weighted by Crippen LogP contribution is -2.46. The Morgan fingerprint density at radius 2 is 2.00 bits per heavy atom. The summed E-state index contributed by atoms with van der Waals surface area (Å²) in [6.45, 7) is 4.83. The van der Waals surface area contributed by atoms with E-state index >= 15 is 0 Å². The number of hydrogen-bond donors (Lipinski definition) is 0. The van der Waals surface area contributed by atoms with Gasteiger partial charge in [0.25, 0.3) is 0 Å². The summed E-state index contributed by atoms with van der Waals surface area (Å²) in [7, 11) is 1.91. The summed E-state index contributed by atoms with van der Waals surface area (Å²) in [5, 5.41) is 0. The Morgan fingerprint density at radius 1 is 1.23 bits per heavy atom. The van der Waals surface area contributed by atoms with Crippen molar-refractivity contribution >= 4 is 0 Å². The molecule has 0 aromatic carbocycles. The summed E-state index contributed by atoms with van der Waals surface area (Å²) >= 11 is 0.